The van der Waals surface area contributed by atoms with Crippen LogP contribution in [0.5, 0.6) is 0 Å². The van der Waals surface area contributed by atoms with Gasteiger partial charge in [0.25, 0.3) is 0 Å². The van der Waals surface area contributed by atoms with Crippen molar-refractivity contribution < 1.29 is 19.8 Å². The van der Waals surface area contributed by atoms with Crippen LogP contribution in [0.1, 0.15) is 37.0 Å². The van der Waals surface area contributed by atoms with E-state index in [1.54, 1.807) is 13.0 Å². The summed E-state index contributed by atoms with van der Waals surface area (Å²) < 4.78 is 0. The molecule has 4 nitrogen and oxygen atoms in total. The Bertz CT molecular complexity index is 525. The molecule has 19 heavy (non-hydrogen) atoms. The number of allylic oxidation sites excluding steroid dienone is 1. The number of hydrogen-bond acceptors (Lipinski definition) is 2. The Hall–Kier alpha value is -2.10. The first-order valence-corrected chi connectivity index (χ1v) is 6.22. The van der Waals surface area contributed by atoms with Gasteiger partial charge < -0.3 is 10.2 Å². The highest BCUT2D eigenvalue weighted by Crippen LogP contribution is 2.27. The highest BCUT2D eigenvalue weighted by atomic mass is 16.4. The van der Waals surface area contributed by atoms with Gasteiger partial charge in [0.05, 0.1) is 0 Å². The lowest BCUT2D eigenvalue weighted by molar-refractivity contribution is -0.140. The van der Waals surface area contributed by atoms with E-state index in [4.69, 9.17) is 10.2 Å². The van der Waals surface area contributed by atoms with E-state index in [1.807, 2.05) is 26.0 Å². The van der Waals surface area contributed by atoms with Crippen molar-refractivity contribution >= 4 is 17.5 Å². The normalized spacial score (nSPS) is 10.1. The predicted octanol–water partition coefficient (Wildman–Crippen LogP) is 2.89. The third-order valence-electron chi connectivity index (χ3n) is 3.24. The van der Waals surface area contributed by atoms with E-state index in [9.17, 15) is 9.59 Å². The van der Waals surface area contributed by atoms with Crippen molar-refractivity contribution in [2.75, 3.05) is 0 Å². The highest BCUT2D eigenvalue weighted by Gasteiger charge is 2.23. The van der Waals surface area contributed by atoms with E-state index in [2.05, 4.69) is 0 Å². The predicted molar refractivity (Wildman–Crippen MR) is 73.0 cm³/mol. The van der Waals surface area contributed by atoms with Crippen LogP contribution in [0.2, 0.25) is 0 Å². The third kappa shape index (κ3) is 3.02. The average Bonchev–Trinajstić information content (AvgIpc) is 2.35. The summed E-state index contributed by atoms with van der Waals surface area (Å²) in [5.74, 6) is -2.80. The zero-order chi connectivity index (χ0) is 14.6. The maximum absolute atomic E-state index is 11.1. The van der Waals surface area contributed by atoms with E-state index in [0.717, 1.165) is 17.5 Å². The van der Waals surface area contributed by atoms with Crippen molar-refractivity contribution in [1.29, 1.82) is 0 Å². The van der Waals surface area contributed by atoms with Crippen LogP contribution < -0.4 is 0 Å². The molecule has 0 bridgehead atoms. The van der Waals surface area contributed by atoms with Crippen LogP contribution in [-0.2, 0) is 16.0 Å². The number of carbonyl (C=O) groups is 2. The van der Waals surface area contributed by atoms with Gasteiger partial charge in [-0.3, -0.25) is 0 Å². The average molecular weight is 262 g/mol. The molecule has 0 aliphatic rings. The maximum Gasteiger partial charge on any atom is 0.343 e. The molecule has 1 aromatic rings. The molecule has 0 amide bonds. The third-order valence-corrected chi connectivity index (χ3v) is 3.24. The van der Waals surface area contributed by atoms with Gasteiger partial charge in [0.2, 0.25) is 0 Å². The number of rotatable bonds is 5. The van der Waals surface area contributed by atoms with Crippen molar-refractivity contribution in [2.45, 2.75) is 33.6 Å². The minimum atomic E-state index is -1.40. The fourth-order valence-corrected chi connectivity index (χ4v) is 2.24. The van der Waals surface area contributed by atoms with Gasteiger partial charge in [-0.2, -0.15) is 0 Å². The molecule has 0 heterocycles. The molecule has 0 aromatic heterocycles. The van der Waals surface area contributed by atoms with E-state index in [1.165, 1.54) is 0 Å². The lowest BCUT2D eigenvalue weighted by atomic mass is 9.91. The van der Waals surface area contributed by atoms with E-state index >= 15 is 0 Å². The minimum absolute atomic E-state index is 0.363. The molecule has 1 aromatic carbocycles. The van der Waals surface area contributed by atoms with Crippen LogP contribution in [0.25, 0.3) is 5.57 Å². The number of carboxylic acids is 2. The van der Waals surface area contributed by atoms with Crippen LogP contribution in [0.3, 0.4) is 0 Å². The standard InChI is InChI=1S/C15H18O4/c1-4-10-7-6-8-12(9(10)3)11(5-2)13(14(16)17)15(18)19/h6-8H,4-5H2,1-3H3,(H,16,17)(H,18,19). The fourth-order valence-electron chi connectivity index (χ4n) is 2.24. The first kappa shape index (κ1) is 15.0. The van der Waals surface area contributed by atoms with Crippen LogP contribution in [0.15, 0.2) is 23.8 Å². The zero-order valence-corrected chi connectivity index (χ0v) is 11.4. The summed E-state index contributed by atoms with van der Waals surface area (Å²) in [5.41, 5.74) is 2.58. The molecule has 0 saturated carbocycles. The first-order chi connectivity index (χ1) is 8.93. The Balaban J connectivity index is 3.59. The first-order valence-electron chi connectivity index (χ1n) is 6.22. The van der Waals surface area contributed by atoms with E-state index < -0.39 is 17.5 Å². The van der Waals surface area contributed by atoms with Gasteiger partial charge in [-0.05, 0) is 42.0 Å². The van der Waals surface area contributed by atoms with Gasteiger partial charge >= 0.3 is 11.9 Å². The number of hydrogen-bond donors (Lipinski definition) is 2. The number of benzene rings is 1. The quantitative estimate of drug-likeness (QED) is 0.486. The molecule has 0 spiro atoms. The molecule has 0 fully saturated rings. The second-order valence-corrected chi connectivity index (χ2v) is 4.26. The second-order valence-electron chi connectivity index (χ2n) is 4.26. The summed E-state index contributed by atoms with van der Waals surface area (Å²) in [6.07, 6.45) is 1.19. The fraction of sp³-hybridized carbons (Fsp3) is 0.333. The highest BCUT2D eigenvalue weighted by molar-refractivity contribution is 6.18. The number of carboxylic acid groups (broad SMARTS) is 2. The molecule has 0 aliphatic carbocycles. The Kier molecular flexibility index (Phi) is 4.87. The largest absolute Gasteiger partial charge is 0.477 e. The Labute approximate surface area is 112 Å². The van der Waals surface area contributed by atoms with Crippen molar-refractivity contribution in [2.24, 2.45) is 0 Å². The summed E-state index contributed by atoms with van der Waals surface area (Å²) in [4.78, 5) is 22.3. The molecule has 4 heteroatoms. The van der Waals surface area contributed by atoms with Gasteiger partial charge in [0.15, 0.2) is 0 Å². The summed E-state index contributed by atoms with van der Waals surface area (Å²) >= 11 is 0. The smallest absolute Gasteiger partial charge is 0.343 e. The van der Waals surface area contributed by atoms with Crippen LogP contribution in [0, 0.1) is 6.92 Å². The zero-order valence-electron chi connectivity index (χ0n) is 11.4. The molecular formula is C15H18O4. The van der Waals surface area contributed by atoms with Gasteiger partial charge in [-0.1, -0.05) is 32.0 Å². The molecular weight excluding hydrogens is 244 g/mol. The van der Waals surface area contributed by atoms with Gasteiger partial charge in [0, 0.05) is 0 Å². The SMILES string of the molecule is CCC(=C(C(=O)O)C(=O)O)c1cccc(CC)c1C. The molecule has 2 N–H and O–H groups in total. The Morgan fingerprint density at radius 3 is 2.11 bits per heavy atom. The lowest BCUT2D eigenvalue weighted by Gasteiger charge is -2.14. The number of aliphatic carboxylic acids is 2. The Morgan fingerprint density at radius 1 is 1.11 bits per heavy atom. The maximum atomic E-state index is 11.1. The van der Waals surface area contributed by atoms with Crippen LogP contribution >= 0.6 is 0 Å². The van der Waals surface area contributed by atoms with Crippen molar-refractivity contribution in [1.82, 2.24) is 0 Å². The molecule has 0 saturated heterocycles. The summed E-state index contributed by atoms with van der Waals surface area (Å²) in [7, 11) is 0. The molecule has 102 valence electrons. The molecule has 1 rings (SSSR count). The monoisotopic (exact) mass is 262 g/mol. The molecule has 0 atom stereocenters. The summed E-state index contributed by atoms with van der Waals surface area (Å²) in [6, 6.07) is 5.57. The lowest BCUT2D eigenvalue weighted by Crippen LogP contribution is -2.14. The van der Waals surface area contributed by atoms with Gasteiger partial charge in [-0.15, -0.1) is 0 Å². The molecule has 0 radical (unpaired) electrons. The molecule has 0 unspecified atom stereocenters. The summed E-state index contributed by atoms with van der Waals surface area (Å²) in [5, 5.41) is 18.2. The van der Waals surface area contributed by atoms with E-state index in [0.29, 0.717) is 17.6 Å². The van der Waals surface area contributed by atoms with Crippen molar-refractivity contribution in [3.63, 3.8) is 0 Å². The van der Waals surface area contributed by atoms with Crippen LogP contribution in [0.4, 0.5) is 0 Å². The van der Waals surface area contributed by atoms with Crippen molar-refractivity contribution in [3.8, 4) is 0 Å². The van der Waals surface area contributed by atoms with Crippen LogP contribution in [-0.4, -0.2) is 22.2 Å². The number of aryl methyl sites for hydroxylation is 1. The Morgan fingerprint density at radius 2 is 1.68 bits per heavy atom. The topological polar surface area (TPSA) is 74.6 Å². The molecule has 0 aliphatic heterocycles. The van der Waals surface area contributed by atoms with E-state index in [-0.39, 0.29) is 0 Å². The minimum Gasteiger partial charge on any atom is -0.477 e. The van der Waals surface area contributed by atoms with Gasteiger partial charge in [0.1, 0.15) is 5.57 Å². The summed E-state index contributed by atoms with van der Waals surface area (Å²) in [6.45, 7) is 5.67. The van der Waals surface area contributed by atoms with Crippen molar-refractivity contribution in [3.05, 3.63) is 40.5 Å². The second kappa shape index (κ2) is 6.18. The van der Waals surface area contributed by atoms with Gasteiger partial charge in [-0.25, -0.2) is 9.59 Å².